The zero-order valence-electron chi connectivity index (χ0n) is 15.7. The van der Waals surface area contributed by atoms with Crippen molar-refractivity contribution in [2.24, 2.45) is 0 Å². The molecule has 2 heterocycles. The van der Waals surface area contributed by atoms with Crippen molar-refractivity contribution in [1.29, 1.82) is 0 Å². The van der Waals surface area contributed by atoms with E-state index in [0.29, 0.717) is 18.8 Å². The average Bonchev–Trinajstić information content (AvgIpc) is 2.72. The number of hydrogen-bond donors (Lipinski definition) is 2. The molecule has 2 aromatic carbocycles. The summed E-state index contributed by atoms with van der Waals surface area (Å²) >= 11 is 0. The SMILES string of the molecule is Cc1ccc(-c2ccc3c(c2)OCCC3CNc2cnccc2C(=O)O)cc1. The maximum Gasteiger partial charge on any atom is 0.337 e. The zero-order chi connectivity index (χ0) is 19.5. The van der Waals surface area contributed by atoms with Gasteiger partial charge in [0.25, 0.3) is 0 Å². The van der Waals surface area contributed by atoms with Gasteiger partial charge in [-0.2, -0.15) is 0 Å². The highest BCUT2D eigenvalue weighted by Crippen LogP contribution is 2.37. The number of pyridine rings is 1. The summed E-state index contributed by atoms with van der Waals surface area (Å²) < 4.78 is 5.92. The molecule has 1 unspecified atom stereocenters. The van der Waals surface area contributed by atoms with E-state index in [0.717, 1.165) is 23.3 Å². The largest absolute Gasteiger partial charge is 0.493 e. The molecule has 0 radical (unpaired) electrons. The van der Waals surface area contributed by atoms with Gasteiger partial charge in [0.15, 0.2) is 0 Å². The monoisotopic (exact) mass is 374 g/mol. The molecule has 142 valence electrons. The Morgan fingerprint density at radius 1 is 1.18 bits per heavy atom. The van der Waals surface area contributed by atoms with Crippen LogP contribution in [0.3, 0.4) is 0 Å². The quantitative estimate of drug-likeness (QED) is 0.675. The molecule has 4 rings (SSSR count). The molecule has 0 bridgehead atoms. The van der Waals surface area contributed by atoms with Crippen LogP contribution in [-0.4, -0.2) is 29.2 Å². The minimum atomic E-state index is -0.958. The van der Waals surface area contributed by atoms with Gasteiger partial charge in [0.2, 0.25) is 0 Å². The molecule has 5 heteroatoms. The van der Waals surface area contributed by atoms with Crippen LogP contribution in [0.2, 0.25) is 0 Å². The Kier molecular flexibility index (Phi) is 4.98. The van der Waals surface area contributed by atoms with E-state index in [1.807, 2.05) is 0 Å². The molecule has 3 aromatic rings. The highest BCUT2D eigenvalue weighted by Gasteiger charge is 2.22. The first kappa shape index (κ1) is 18.0. The molecule has 2 N–H and O–H groups in total. The smallest absolute Gasteiger partial charge is 0.337 e. The molecule has 0 saturated heterocycles. The number of anilines is 1. The maximum atomic E-state index is 11.4. The van der Waals surface area contributed by atoms with Crippen LogP contribution in [-0.2, 0) is 0 Å². The van der Waals surface area contributed by atoms with Crippen molar-refractivity contribution >= 4 is 11.7 Å². The number of fused-ring (bicyclic) bond motifs is 1. The van der Waals surface area contributed by atoms with Crippen molar-refractivity contribution in [3.05, 3.63) is 77.6 Å². The molecule has 0 saturated carbocycles. The normalized spacial score (nSPS) is 15.4. The minimum Gasteiger partial charge on any atom is -0.493 e. The topological polar surface area (TPSA) is 71.5 Å². The summed E-state index contributed by atoms with van der Waals surface area (Å²) in [5.74, 6) is 0.193. The lowest BCUT2D eigenvalue weighted by Gasteiger charge is -2.27. The molecular weight excluding hydrogens is 352 g/mol. The summed E-state index contributed by atoms with van der Waals surface area (Å²) in [6.45, 7) is 3.36. The maximum absolute atomic E-state index is 11.4. The lowest BCUT2D eigenvalue weighted by Crippen LogP contribution is -2.21. The molecule has 0 fully saturated rings. The Labute approximate surface area is 164 Å². The lowest BCUT2D eigenvalue weighted by atomic mass is 9.91. The summed E-state index contributed by atoms with van der Waals surface area (Å²) in [7, 11) is 0. The Bertz CT molecular complexity index is 999. The van der Waals surface area contributed by atoms with Crippen LogP contribution in [0.15, 0.2) is 60.9 Å². The molecule has 1 aliphatic heterocycles. The Morgan fingerprint density at radius 2 is 1.96 bits per heavy atom. The number of hydrogen-bond acceptors (Lipinski definition) is 4. The molecule has 1 aromatic heterocycles. The van der Waals surface area contributed by atoms with Gasteiger partial charge in [0.05, 0.1) is 24.1 Å². The van der Waals surface area contributed by atoms with Crippen LogP contribution in [0.5, 0.6) is 5.75 Å². The van der Waals surface area contributed by atoms with Crippen LogP contribution in [0.4, 0.5) is 5.69 Å². The zero-order valence-corrected chi connectivity index (χ0v) is 15.7. The van der Waals surface area contributed by atoms with Crippen molar-refractivity contribution in [3.63, 3.8) is 0 Å². The molecule has 1 atom stereocenters. The van der Waals surface area contributed by atoms with E-state index in [-0.39, 0.29) is 11.5 Å². The lowest BCUT2D eigenvalue weighted by molar-refractivity contribution is 0.0697. The molecule has 0 aliphatic carbocycles. The summed E-state index contributed by atoms with van der Waals surface area (Å²) in [5, 5.41) is 12.6. The second kappa shape index (κ2) is 7.72. The van der Waals surface area contributed by atoms with E-state index in [1.165, 1.54) is 23.4 Å². The van der Waals surface area contributed by atoms with Crippen molar-refractivity contribution in [2.75, 3.05) is 18.5 Å². The number of aromatic carboxylic acids is 1. The van der Waals surface area contributed by atoms with Crippen molar-refractivity contribution in [2.45, 2.75) is 19.3 Å². The van der Waals surface area contributed by atoms with Crippen molar-refractivity contribution < 1.29 is 14.6 Å². The fourth-order valence-corrected chi connectivity index (χ4v) is 3.56. The third-order valence-corrected chi connectivity index (χ3v) is 5.15. The first-order chi connectivity index (χ1) is 13.6. The highest BCUT2D eigenvalue weighted by molar-refractivity contribution is 5.93. The van der Waals surface area contributed by atoms with Crippen molar-refractivity contribution in [1.82, 2.24) is 4.98 Å². The number of benzene rings is 2. The van der Waals surface area contributed by atoms with Crippen molar-refractivity contribution in [3.8, 4) is 16.9 Å². The van der Waals surface area contributed by atoms with Gasteiger partial charge in [-0.05, 0) is 42.2 Å². The number of carbonyl (C=O) groups is 1. The van der Waals surface area contributed by atoms with Gasteiger partial charge < -0.3 is 15.2 Å². The van der Waals surface area contributed by atoms with E-state index < -0.39 is 5.97 Å². The van der Waals surface area contributed by atoms with Crippen LogP contribution < -0.4 is 10.1 Å². The first-order valence-corrected chi connectivity index (χ1v) is 9.37. The van der Waals surface area contributed by atoms with Crippen LogP contribution in [0, 0.1) is 6.92 Å². The van der Waals surface area contributed by atoms with E-state index >= 15 is 0 Å². The highest BCUT2D eigenvalue weighted by atomic mass is 16.5. The van der Waals surface area contributed by atoms with E-state index in [2.05, 4.69) is 59.7 Å². The second-order valence-electron chi connectivity index (χ2n) is 7.06. The van der Waals surface area contributed by atoms with Gasteiger partial charge in [-0.25, -0.2) is 4.79 Å². The van der Waals surface area contributed by atoms with Gasteiger partial charge in [-0.15, -0.1) is 0 Å². The van der Waals surface area contributed by atoms with Crippen LogP contribution >= 0.6 is 0 Å². The van der Waals surface area contributed by atoms with Gasteiger partial charge in [-0.1, -0.05) is 42.0 Å². The van der Waals surface area contributed by atoms with Crippen LogP contribution in [0.1, 0.15) is 33.8 Å². The fourth-order valence-electron chi connectivity index (χ4n) is 3.56. The van der Waals surface area contributed by atoms with Crippen LogP contribution in [0.25, 0.3) is 11.1 Å². The standard InChI is InChI=1S/C23H22N2O3/c1-15-2-4-16(5-3-15)17-6-7-19-18(9-11-28-22(19)12-17)13-25-21-14-24-10-8-20(21)23(26)27/h2-8,10,12,14,18,25H,9,11,13H2,1H3,(H,26,27). The van der Waals surface area contributed by atoms with Gasteiger partial charge >= 0.3 is 5.97 Å². The predicted octanol–water partition coefficient (Wildman–Crippen LogP) is 4.73. The summed E-state index contributed by atoms with van der Waals surface area (Å²) in [6, 6.07) is 16.3. The molecule has 28 heavy (non-hydrogen) atoms. The third-order valence-electron chi connectivity index (χ3n) is 5.15. The van der Waals surface area contributed by atoms with E-state index in [9.17, 15) is 9.90 Å². The molecular formula is C23H22N2O3. The molecule has 5 nitrogen and oxygen atoms in total. The molecule has 0 spiro atoms. The summed E-state index contributed by atoms with van der Waals surface area (Å²) in [4.78, 5) is 15.4. The average molecular weight is 374 g/mol. The Balaban J connectivity index is 1.54. The molecule has 1 aliphatic rings. The van der Waals surface area contributed by atoms with E-state index in [1.54, 1.807) is 6.20 Å². The second-order valence-corrected chi connectivity index (χ2v) is 7.06. The molecule has 0 amide bonds. The Morgan fingerprint density at radius 3 is 2.75 bits per heavy atom. The number of aromatic nitrogens is 1. The Hall–Kier alpha value is -3.34. The summed E-state index contributed by atoms with van der Waals surface area (Å²) in [6.07, 6.45) is 3.93. The van der Waals surface area contributed by atoms with Gasteiger partial charge in [0.1, 0.15) is 5.75 Å². The number of nitrogens with zero attached hydrogens (tertiary/aromatic N) is 1. The number of aryl methyl sites for hydroxylation is 1. The summed E-state index contributed by atoms with van der Waals surface area (Å²) in [5.41, 5.74) is 5.46. The van der Waals surface area contributed by atoms with Gasteiger partial charge in [-0.3, -0.25) is 4.98 Å². The number of carboxylic acids is 1. The number of carboxylic acid groups (broad SMARTS) is 1. The number of ether oxygens (including phenoxy) is 1. The fraction of sp³-hybridized carbons (Fsp3) is 0.217. The number of nitrogens with one attached hydrogen (secondary N) is 1. The minimum absolute atomic E-state index is 0.233. The number of rotatable bonds is 5. The van der Waals surface area contributed by atoms with E-state index in [4.69, 9.17) is 4.74 Å². The third kappa shape index (κ3) is 3.69. The predicted molar refractivity (Wildman–Crippen MR) is 109 cm³/mol. The van der Waals surface area contributed by atoms with Gasteiger partial charge in [0, 0.05) is 18.7 Å². The first-order valence-electron chi connectivity index (χ1n) is 9.37.